The van der Waals surface area contributed by atoms with Gasteiger partial charge < -0.3 is 10.1 Å². The van der Waals surface area contributed by atoms with Gasteiger partial charge in [-0.2, -0.15) is 0 Å². The predicted octanol–water partition coefficient (Wildman–Crippen LogP) is 3.86. The molecule has 0 bridgehead atoms. The molecule has 1 heterocycles. The summed E-state index contributed by atoms with van der Waals surface area (Å²) >= 11 is 0. The van der Waals surface area contributed by atoms with Gasteiger partial charge in [-0.1, -0.05) is 48.5 Å². The van der Waals surface area contributed by atoms with E-state index in [2.05, 4.69) is 5.32 Å². The van der Waals surface area contributed by atoms with Crippen LogP contribution >= 0.6 is 0 Å². The monoisotopic (exact) mass is 478 g/mol. The van der Waals surface area contributed by atoms with Gasteiger partial charge in [0, 0.05) is 6.54 Å². The van der Waals surface area contributed by atoms with Crippen molar-refractivity contribution in [2.45, 2.75) is 30.7 Å². The summed E-state index contributed by atoms with van der Waals surface area (Å²) in [6.45, 7) is 1.81. The summed E-state index contributed by atoms with van der Waals surface area (Å²) in [5.41, 5.74) is 2.79. The Kier molecular flexibility index (Phi) is 6.98. The lowest BCUT2D eigenvalue weighted by atomic mass is 10.0. The van der Waals surface area contributed by atoms with Crippen molar-refractivity contribution in [2.24, 2.45) is 0 Å². The predicted molar refractivity (Wildman–Crippen MR) is 129 cm³/mol. The Labute approximate surface area is 199 Å². The fourth-order valence-corrected chi connectivity index (χ4v) is 5.50. The van der Waals surface area contributed by atoms with Crippen LogP contribution in [-0.4, -0.2) is 33.4 Å². The molecule has 7 nitrogen and oxygen atoms in total. The van der Waals surface area contributed by atoms with Crippen molar-refractivity contribution in [3.63, 3.8) is 0 Å². The minimum atomic E-state index is -3.77. The lowest BCUT2D eigenvalue weighted by Crippen LogP contribution is -2.35. The molecular formula is C26H26N2O5S. The number of rotatable bonds is 7. The maximum Gasteiger partial charge on any atom is 0.338 e. The Bertz CT molecular complexity index is 1270. The Balaban J connectivity index is 1.38. The van der Waals surface area contributed by atoms with E-state index < -0.39 is 28.5 Å². The van der Waals surface area contributed by atoms with Gasteiger partial charge in [-0.3, -0.25) is 9.10 Å². The Morgan fingerprint density at radius 3 is 2.38 bits per heavy atom. The molecule has 8 heteroatoms. The third kappa shape index (κ3) is 5.12. The third-order valence-corrected chi connectivity index (χ3v) is 7.58. The highest BCUT2D eigenvalue weighted by Crippen LogP contribution is 2.31. The lowest BCUT2D eigenvalue weighted by Gasteiger charge is -2.30. The molecule has 0 aromatic heterocycles. The van der Waals surface area contributed by atoms with E-state index in [0.717, 1.165) is 24.0 Å². The molecule has 1 amide bonds. The fraction of sp³-hybridized carbons (Fsp3) is 0.231. The molecule has 0 radical (unpaired) electrons. The third-order valence-electron chi connectivity index (χ3n) is 5.76. The van der Waals surface area contributed by atoms with Crippen LogP contribution < -0.4 is 9.62 Å². The number of amides is 1. The first-order valence-corrected chi connectivity index (χ1v) is 12.5. The number of hydrogen-bond acceptors (Lipinski definition) is 5. The van der Waals surface area contributed by atoms with Gasteiger partial charge in [0.25, 0.3) is 15.9 Å². The number of nitrogens with zero attached hydrogens (tertiary/aromatic N) is 1. The molecule has 1 atom stereocenters. The zero-order chi connectivity index (χ0) is 24.1. The van der Waals surface area contributed by atoms with Gasteiger partial charge in [0.05, 0.1) is 22.2 Å². The number of carbonyl (C=O) groups is 2. The number of para-hydroxylation sites is 1. The molecular weight excluding hydrogens is 452 g/mol. The topological polar surface area (TPSA) is 92.8 Å². The number of carbonyl (C=O) groups excluding carboxylic acids is 2. The number of nitrogens with one attached hydrogen (secondary N) is 1. The molecule has 0 fully saturated rings. The highest BCUT2D eigenvalue weighted by atomic mass is 32.2. The average molecular weight is 479 g/mol. The van der Waals surface area contributed by atoms with Crippen molar-refractivity contribution in [1.82, 2.24) is 5.32 Å². The molecule has 1 N–H and O–H groups in total. The van der Waals surface area contributed by atoms with Crippen LogP contribution in [0.25, 0.3) is 0 Å². The van der Waals surface area contributed by atoms with Gasteiger partial charge in [0.15, 0.2) is 6.61 Å². The highest BCUT2D eigenvalue weighted by Gasteiger charge is 2.29. The number of sulfonamides is 1. The van der Waals surface area contributed by atoms with Crippen molar-refractivity contribution in [1.29, 1.82) is 0 Å². The highest BCUT2D eigenvalue weighted by molar-refractivity contribution is 7.92. The first-order valence-electron chi connectivity index (χ1n) is 11.1. The van der Waals surface area contributed by atoms with Crippen LogP contribution in [-0.2, 0) is 26.0 Å². The number of esters is 1. The molecule has 1 aliphatic rings. The number of aryl methyl sites for hydroxylation is 1. The number of benzene rings is 3. The van der Waals surface area contributed by atoms with Crippen molar-refractivity contribution < 1.29 is 22.7 Å². The molecule has 0 aliphatic carbocycles. The lowest BCUT2D eigenvalue weighted by molar-refractivity contribution is -0.124. The molecule has 176 valence electrons. The van der Waals surface area contributed by atoms with E-state index in [1.54, 1.807) is 0 Å². The van der Waals surface area contributed by atoms with Crippen LogP contribution in [0.2, 0.25) is 0 Å². The first kappa shape index (κ1) is 23.5. The van der Waals surface area contributed by atoms with Crippen LogP contribution in [0.4, 0.5) is 5.69 Å². The van der Waals surface area contributed by atoms with Crippen LogP contribution in [0, 0.1) is 0 Å². The number of ether oxygens (including phenoxy) is 1. The summed E-state index contributed by atoms with van der Waals surface area (Å²) in [6.07, 6.45) is 1.58. The normalized spacial score (nSPS) is 14.1. The van der Waals surface area contributed by atoms with Crippen LogP contribution in [0.1, 0.15) is 40.9 Å². The van der Waals surface area contributed by atoms with E-state index in [0.29, 0.717) is 12.2 Å². The summed E-state index contributed by atoms with van der Waals surface area (Å²) < 4.78 is 33.0. The van der Waals surface area contributed by atoms with E-state index in [1.807, 2.05) is 61.5 Å². The summed E-state index contributed by atoms with van der Waals surface area (Å²) in [4.78, 5) is 24.6. The Hall–Kier alpha value is -3.65. The van der Waals surface area contributed by atoms with Gasteiger partial charge in [0.2, 0.25) is 0 Å². The van der Waals surface area contributed by atoms with Gasteiger partial charge >= 0.3 is 5.97 Å². The molecule has 0 unspecified atom stereocenters. The van der Waals surface area contributed by atoms with E-state index in [9.17, 15) is 18.0 Å². The van der Waals surface area contributed by atoms with Crippen LogP contribution in [0.5, 0.6) is 0 Å². The number of hydrogen-bond donors (Lipinski definition) is 1. The summed E-state index contributed by atoms with van der Waals surface area (Å²) in [5.74, 6) is -1.12. The van der Waals surface area contributed by atoms with E-state index in [4.69, 9.17) is 4.74 Å². The molecule has 1 aliphatic heterocycles. The van der Waals surface area contributed by atoms with Crippen molar-refractivity contribution in [3.8, 4) is 0 Å². The first-order chi connectivity index (χ1) is 16.4. The Morgan fingerprint density at radius 2 is 1.65 bits per heavy atom. The quantitative estimate of drug-likeness (QED) is 0.521. The Morgan fingerprint density at radius 1 is 0.971 bits per heavy atom. The van der Waals surface area contributed by atoms with Gasteiger partial charge in [-0.15, -0.1) is 0 Å². The minimum Gasteiger partial charge on any atom is -0.452 e. The van der Waals surface area contributed by atoms with E-state index in [1.165, 1.54) is 28.6 Å². The standard InChI is InChI=1S/C26H26N2O5S/c1-19(20-8-3-2-4-9-20)27-25(29)18-33-26(30)22-13-15-23(16-14-22)34(31,32)28-17-7-11-21-10-5-6-12-24(21)28/h2-6,8-10,12-16,19H,7,11,17-18H2,1H3,(H,27,29)/t19-/m0/s1. The minimum absolute atomic E-state index is 0.0928. The second-order valence-corrected chi connectivity index (χ2v) is 9.97. The zero-order valence-corrected chi connectivity index (χ0v) is 19.6. The average Bonchev–Trinajstić information content (AvgIpc) is 2.87. The smallest absolute Gasteiger partial charge is 0.338 e. The van der Waals surface area contributed by atoms with Gasteiger partial charge in [0.1, 0.15) is 0 Å². The molecule has 0 saturated heterocycles. The molecule has 4 rings (SSSR count). The van der Waals surface area contributed by atoms with Crippen LogP contribution in [0.15, 0.2) is 83.8 Å². The second kappa shape index (κ2) is 10.1. The summed E-state index contributed by atoms with van der Waals surface area (Å²) in [5, 5.41) is 2.78. The molecule has 34 heavy (non-hydrogen) atoms. The molecule has 0 spiro atoms. The number of fused-ring (bicyclic) bond motifs is 1. The SMILES string of the molecule is C[C@H](NC(=O)COC(=O)c1ccc(S(=O)(=O)N2CCCc3ccccc32)cc1)c1ccccc1. The van der Waals surface area contributed by atoms with Gasteiger partial charge in [-0.25, -0.2) is 13.2 Å². The van der Waals surface area contributed by atoms with Crippen molar-refractivity contribution >= 4 is 27.6 Å². The maximum atomic E-state index is 13.2. The van der Waals surface area contributed by atoms with E-state index >= 15 is 0 Å². The second-order valence-electron chi connectivity index (χ2n) is 8.11. The summed E-state index contributed by atoms with van der Waals surface area (Å²) in [7, 11) is -3.77. The van der Waals surface area contributed by atoms with Gasteiger partial charge in [-0.05, 0) is 61.2 Å². The van der Waals surface area contributed by atoms with Crippen LogP contribution in [0.3, 0.4) is 0 Å². The fourth-order valence-electron chi connectivity index (χ4n) is 3.96. The van der Waals surface area contributed by atoms with Crippen molar-refractivity contribution in [3.05, 3.63) is 95.6 Å². The summed E-state index contributed by atoms with van der Waals surface area (Å²) in [6, 6.07) is 22.3. The number of anilines is 1. The largest absolute Gasteiger partial charge is 0.452 e. The van der Waals surface area contributed by atoms with E-state index in [-0.39, 0.29) is 16.5 Å². The maximum absolute atomic E-state index is 13.2. The molecule has 0 saturated carbocycles. The molecule has 3 aromatic rings. The molecule has 3 aromatic carbocycles. The van der Waals surface area contributed by atoms with Crippen molar-refractivity contribution in [2.75, 3.05) is 17.5 Å². The zero-order valence-electron chi connectivity index (χ0n) is 18.8.